The predicted molar refractivity (Wildman–Crippen MR) is 57.6 cm³/mol. The second-order valence-electron chi connectivity index (χ2n) is 3.90. The Morgan fingerprint density at radius 1 is 1.35 bits per heavy atom. The van der Waals surface area contributed by atoms with Gasteiger partial charge in [-0.1, -0.05) is 0 Å². The summed E-state index contributed by atoms with van der Waals surface area (Å²) in [6.45, 7) is 2.59. The molecule has 0 fully saturated rings. The second-order valence-corrected chi connectivity index (χ2v) is 3.90. The molecule has 0 saturated heterocycles. The molecule has 0 bridgehead atoms. The van der Waals surface area contributed by atoms with E-state index in [0.29, 0.717) is 13.0 Å². The summed E-state index contributed by atoms with van der Waals surface area (Å²) in [7, 11) is 1.56. The number of methoxy groups -OCH3 is 1. The maximum absolute atomic E-state index is 11.9. The number of rotatable bonds is 7. The van der Waals surface area contributed by atoms with E-state index in [-0.39, 0.29) is 6.04 Å². The number of halogens is 3. The van der Waals surface area contributed by atoms with Gasteiger partial charge in [-0.3, -0.25) is 4.79 Å². The van der Waals surface area contributed by atoms with E-state index in [2.05, 4.69) is 5.32 Å². The molecule has 0 radical (unpaired) electrons. The molecule has 1 amide bonds. The first-order valence-electron chi connectivity index (χ1n) is 5.35. The zero-order valence-corrected chi connectivity index (χ0v) is 10.2. The van der Waals surface area contributed by atoms with Crippen LogP contribution in [-0.2, 0) is 9.53 Å². The Labute approximate surface area is 98.9 Å². The van der Waals surface area contributed by atoms with Crippen LogP contribution in [0, 0.1) is 0 Å². The highest BCUT2D eigenvalue weighted by molar-refractivity contribution is 5.81. The van der Waals surface area contributed by atoms with E-state index in [9.17, 15) is 18.0 Å². The lowest BCUT2D eigenvalue weighted by atomic mass is 10.2. The van der Waals surface area contributed by atoms with Crippen molar-refractivity contribution in [3.05, 3.63) is 0 Å². The maximum Gasteiger partial charge on any atom is 0.405 e. The van der Waals surface area contributed by atoms with Crippen LogP contribution >= 0.6 is 0 Å². The van der Waals surface area contributed by atoms with Gasteiger partial charge in [-0.2, -0.15) is 13.2 Å². The van der Waals surface area contributed by atoms with Gasteiger partial charge in [0.25, 0.3) is 0 Å². The van der Waals surface area contributed by atoms with Crippen LogP contribution in [0.1, 0.15) is 20.3 Å². The van der Waals surface area contributed by atoms with Crippen LogP contribution in [0.3, 0.4) is 0 Å². The molecular weight excluding hydrogens is 237 g/mol. The van der Waals surface area contributed by atoms with E-state index in [0.717, 1.165) is 0 Å². The molecule has 0 aliphatic carbocycles. The van der Waals surface area contributed by atoms with Crippen molar-refractivity contribution in [3.63, 3.8) is 0 Å². The normalized spacial score (nSPS) is 15.4. The standard InChI is InChI=1S/C10H19F3N2O2/c1-7(4-5-17-3)15-8(2)9(16)14-6-10(11,12)13/h7-8,15H,4-6H2,1-3H3,(H,14,16). The van der Waals surface area contributed by atoms with E-state index < -0.39 is 24.7 Å². The lowest BCUT2D eigenvalue weighted by Gasteiger charge is -2.19. The van der Waals surface area contributed by atoms with Crippen LogP contribution < -0.4 is 10.6 Å². The molecule has 7 heteroatoms. The van der Waals surface area contributed by atoms with E-state index >= 15 is 0 Å². The van der Waals surface area contributed by atoms with Gasteiger partial charge in [-0.05, 0) is 20.3 Å². The van der Waals surface area contributed by atoms with Crippen molar-refractivity contribution in [2.24, 2.45) is 0 Å². The van der Waals surface area contributed by atoms with Gasteiger partial charge in [0.15, 0.2) is 0 Å². The number of hydrogen-bond acceptors (Lipinski definition) is 3. The summed E-state index contributed by atoms with van der Waals surface area (Å²) in [4.78, 5) is 11.3. The second kappa shape index (κ2) is 7.50. The van der Waals surface area contributed by atoms with Gasteiger partial charge in [-0.15, -0.1) is 0 Å². The number of ether oxygens (including phenoxy) is 1. The smallest absolute Gasteiger partial charge is 0.385 e. The summed E-state index contributed by atoms with van der Waals surface area (Å²) in [5.41, 5.74) is 0. The molecule has 0 aliphatic heterocycles. The maximum atomic E-state index is 11.9. The lowest BCUT2D eigenvalue weighted by Crippen LogP contribution is -2.48. The largest absolute Gasteiger partial charge is 0.405 e. The molecule has 2 N–H and O–H groups in total. The van der Waals surface area contributed by atoms with Crippen LogP contribution in [0.25, 0.3) is 0 Å². The van der Waals surface area contributed by atoms with Crippen LogP contribution in [0.5, 0.6) is 0 Å². The molecule has 0 spiro atoms. The van der Waals surface area contributed by atoms with Crippen molar-refractivity contribution in [1.29, 1.82) is 0 Å². The number of carbonyl (C=O) groups is 1. The Balaban J connectivity index is 3.89. The molecule has 0 rings (SSSR count). The summed E-state index contributed by atoms with van der Waals surface area (Å²) >= 11 is 0. The summed E-state index contributed by atoms with van der Waals surface area (Å²) in [6.07, 6.45) is -3.69. The third-order valence-corrected chi connectivity index (χ3v) is 2.15. The minimum Gasteiger partial charge on any atom is -0.385 e. The quantitative estimate of drug-likeness (QED) is 0.716. The van der Waals surface area contributed by atoms with Crippen molar-refractivity contribution in [2.75, 3.05) is 20.3 Å². The highest BCUT2D eigenvalue weighted by Crippen LogP contribution is 2.12. The van der Waals surface area contributed by atoms with Crippen molar-refractivity contribution in [2.45, 2.75) is 38.5 Å². The van der Waals surface area contributed by atoms with Crippen LogP contribution in [0.2, 0.25) is 0 Å². The molecule has 0 aliphatic rings. The van der Waals surface area contributed by atoms with Crippen LogP contribution in [-0.4, -0.2) is 44.4 Å². The average Bonchev–Trinajstić information content (AvgIpc) is 2.21. The fourth-order valence-corrected chi connectivity index (χ4v) is 1.22. The van der Waals surface area contributed by atoms with Gasteiger partial charge < -0.3 is 15.4 Å². The average molecular weight is 256 g/mol. The third kappa shape index (κ3) is 8.93. The molecule has 2 atom stereocenters. The molecular formula is C10H19F3N2O2. The van der Waals surface area contributed by atoms with Gasteiger partial charge in [-0.25, -0.2) is 0 Å². The van der Waals surface area contributed by atoms with Gasteiger partial charge in [0.2, 0.25) is 5.91 Å². The molecule has 0 aromatic rings. The topological polar surface area (TPSA) is 50.4 Å². The van der Waals surface area contributed by atoms with E-state index in [4.69, 9.17) is 4.74 Å². The fourth-order valence-electron chi connectivity index (χ4n) is 1.22. The highest BCUT2D eigenvalue weighted by Gasteiger charge is 2.28. The minimum absolute atomic E-state index is 0.00147. The van der Waals surface area contributed by atoms with Gasteiger partial charge in [0, 0.05) is 19.8 Å². The molecule has 102 valence electrons. The predicted octanol–water partition coefficient (Wildman–Crippen LogP) is 1.07. The van der Waals surface area contributed by atoms with Gasteiger partial charge in [0.1, 0.15) is 6.54 Å². The van der Waals surface area contributed by atoms with Crippen molar-refractivity contribution >= 4 is 5.91 Å². The number of amides is 1. The summed E-state index contributed by atoms with van der Waals surface area (Å²) in [6, 6.07) is -0.661. The molecule has 2 unspecified atom stereocenters. The number of alkyl halides is 3. The van der Waals surface area contributed by atoms with Crippen LogP contribution in [0.4, 0.5) is 13.2 Å². The Hall–Kier alpha value is -0.820. The molecule has 0 saturated carbocycles. The number of hydrogen-bond donors (Lipinski definition) is 2. The monoisotopic (exact) mass is 256 g/mol. The molecule has 0 aromatic heterocycles. The Morgan fingerprint density at radius 2 is 1.94 bits per heavy atom. The Morgan fingerprint density at radius 3 is 2.41 bits per heavy atom. The summed E-state index contributed by atoms with van der Waals surface area (Å²) in [5, 5.41) is 4.72. The molecule has 0 aromatic carbocycles. The fraction of sp³-hybridized carbons (Fsp3) is 0.900. The third-order valence-electron chi connectivity index (χ3n) is 2.15. The summed E-state index contributed by atoms with van der Waals surface area (Å²) in [5.74, 6) is -0.661. The minimum atomic E-state index is -4.38. The number of carbonyl (C=O) groups excluding carboxylic acids is 1. The van der Waals surface area contributed by atoms with Gasteiger partial charge in [0.05, 0.1) is 6.04 Å². The SMILES string of the molecule is COCCC(C)NC(C)C(=O)NCC(F)(F)F. The summed E-state index contributed by atoms with van der Waals surface area (Å²) < 4.78 is 40.4. The highest BCUT2D eigenvalue weighted by atomic mass is 19.4. The first-order valence-corrected chi connectivity index (χ1v) is 5.35. The number of nitrogens with one attached hydrogen (secondary N) is 2. The molecule has 17 heavy (non-hydrogen) atoms. The van der Waals surface area contributed by atoms with E-state index in [1.807, 2.05) is 12.2 Å². The molecule has 0 heterocycles. The Bertz CT molecular complexity index is 234. The van der Waals surface area contributed by atoms with Crippen LogP contribution in [0.15, 0.2) is 0 Å². The zero-order valence-electron chi connectivity index (χ0n) is 10.2. The lowest BCUT2D eigenvalue weighted by molar-refractivity contribution is -0.139. The van der Waals surface area contributed by atoms with E-state index in [1.54, 1.807) is 7.11 Å². The molecule has 4 nitrogen and oxygen atoms in total. The van der Waals surface area contributed by atoms with E-state index in [1.165, 1.54) is 6.92 Å². The first-order chi connectivity index (χ1) is 7.76. The van der Waals surface area contributed by atoms with Crippen molar-refractivity contribution in [1.82, 2.24) is 10.6 Å². The van der Waals surface area contributed by atoms with Gasteiger partial charge >= 0.3 is 6.18 Å². The van der Waals surface area contributed by atoms with Crippen molar-refractivity contribution in [3.8, 4) is 0 Å². The first kappa shape index (κ1) is 16.2. The zero-order chi connectivity index (χ0) is 13.5. The van der Waals surface area contributed by atoms with Crippen molar-refractivity contribution < 1.29 is 22.7 Å². The Kier molecular flexibility index (Phi) is 7.13.